The predicted molar refractivity (Wildman–Crippen MR) is 106 cm³/mol. The van der Waals surface area contributed by atoms with Crippen molar-refractivity contribution in [2.75, 3.05) is 5.75 Å². The van der Waals surface area contributed by atoms with E-state index in [1.807, 2.05) is 20.8 Å². The molecule has 1 aromatic rings. The van der Waals surface area contributed by atoms with Gasteiger partial charge in [-0.3, -0.25) is 14.9 Å². The van der Waals surface area contributed by atoms with Crippen molar-refractivity contribution in [1.29, 1.82) is 0 Å². The van der Waals surface area contributed by atoms with Crippen LogP contribution in [0.2, 0.25) is 0 Å². The van der Waals surface area contributed by atoms with E-state index in [0.29, 0.717) is 16.5 Å². The van der Waals surface area contributed by atoms with Crippen molar-refractivity contribution >= 4 is 29.6 Å². The fourth-order valence-electron chi connectivity index (χ4n) is 3.34. The van der Waals surface area contributed by atoms with Gasteiger partial charge in [0.25, 0.3) is 5.91 Å². The van der Waals surface area contributed by atoms with Crippen LogP contribution in [0, 0.1) is 26.7 Å². The fraction of sp³-hybridized carbons (Fsp3) is 0.579. The van der Waals surface area contributed by atoms with Gasteiger partial charge in [0.15, 0.2) is 0 Å². The van der Waals surface area contributed by atoms with Crippen LogP contribution in [0.15, 0.2) is 5.03 Å². The number of aryl methyl sites for hydroxylation is 1. The summed E-state index contributed by atoms with van der Waals surface area (Å²) in [4.78, 5) is 40.4. The van der Waals surface area contributed by atoms with Crippen molar-refractivity contribution in [1.82, 2.24) is 15.6 Å². The molecule has 0 radical (unpaired) electrons. The average molecular weight is 393 g/mol. The van der Waals surface area contributed by atoms with Gasteiger partial charge in [0.05, 0.1) is 11.3 Å². The lowest BCUT2D eigenvalue weighted by atomic mass is 9.86. The van der Waals surface area contributed by atoms with Gasteiger partial charge in [0.1, 0.15) is 5.03 Å². The second-order valence-corrected chi connectivity index (χ2v) is 8.13. The van der Waals surface area contributed by atoms with Crippen molar-refractivity contribution in [3.05, 3.63) is 22.4 Å². The molecule has 0 saturated heterocycles. The monoisotopic (exact) mass is 392 g/mol. The van der Waals surface area contributed by atoms with Crippen LogP contribution >= 0.6 is 11.8 Å². The van der Waals surface area contributed by atoms with Crippen molar-refractivity contribution in [2.45, 2.75) is 64.4 Å². The van der Waals surface area contributed by atoms with E-state index < -0.39 is 17.8 Å². The molecule has 1 aromatic heterocycles. The van der Waals surface area contributed by atoms with E-state index in [9.17, 15) is 14.4 Å². The molecule has 1 heterocycles. The molecule has 1 aliphatic rings. The molecule has 8 heteroatoms. The van der Waals surface area contributed by atoms with E-state index in [1.165, 1.54) is 6.42 Å². The number of imide groups is 1. The number of nitrogens with one attached hydrogen (secondary N) is 2. The summed E-state index contributed by atoms with van der Waals surface area (Å²) >= 11 is 1.11. The maximum Gasteiger partial charge on any atom is 0.321 e. The number of hydrogen-bond acceptors (Lipinski definition) is 5. The molecule has 0 aliphatic heterocycles. The zero-order valence-electron chi connectivity index (χ0n) is 16.3. The van der Waals surface area contributed by atoms with E-state index >= 15 is 0 Å². The summed E-state index contributed by atoms with van der Waals surface area (Å²) in [6.45, 7) is 7.64. The smallest absolute Gasteiger partial charge is 0.321 e. The van der Waals surface area contributed by atoms with Gasteiger partial charge in [-0.25, -0.2) is 9.78 Å². The van der Waals surface area contributed by atoms with Crippen molar-refractivity contribution in [3.63, 3.8) is 0 Å². The highest BCUT2D eigenvalue weighted by molar-refractivity contribution is 8.00. The Bertz CT molecular complexity index is 751. The van der Waals surface area contributed by atoms with Crippen molar-refractivity contribution in [3.8, 4) is 0 Å². The maximum atomic E-state index is 12.1. The Morgan fingerprint density at radius 2 is 1.81 bits per heavy atom. The first kappa shape index (κ1) is 21.2. The summed E-state index contributed by atoms with van der Waals surface area (Å²) in [5, 5.41) is 5.65. The van der Waals surface area contributed by atoms with Gasteiger partial charge in [-0.1, -0.05) is 31.5 Å². The highest BCUT2D eigenvalue weighted by Crippen LogP contribution is 2.27. The Morgan fingerprint density at radius 1 is 1.15 bits per heavy atom. The Balaban J connectivity index is 1.95. The predicted octanol–water partition coefficient (Wildman–Crippen LogP) is 2.60. The number of pyridine rings is 1. The fourth-order valence-corrected chi connectivity index (χ4v) is 4.28. The number of thioether (sulfide) groups is 1. The zero-order valence-corrected chi connectivity index (χ0v) is 17.2. The van der Waals surface area contributed by atoms with Crippen molar-refractivity contribution < 1.29 is 14.4 Å². The van der Waals surface area contributed by atoms with Crippen LogP contribution in [0.1, 0.15) is 59.8 Å². The minimum atomic E-state index is -0.574. The van der Waals surface area contributed by atoms with Gasteiger partial charge in [0.2, 0.25) is 5.91 Å². The van der Waals surface area contributed by atoms with Crippen LogP contribution in [0.25, 0.3) is 0 Å². The zero-order chi connectivity index (χ0) is 20.1. The Labute approximate surface area is 164 Å². The highest BCUT2D eigenvalue weighted by atomic mass is 32.2. The molecule has 2 atom stereocenters. The molecule has 0 bridgehead atoms. The molecule has 7 nitrogen and oxygen atoms in total. The normalized spacial score (nSPS) is 19.4. The van der Waals surface area contributed by atoms with E-state index in [-0.39, 0.29) is 11.8 Å². The Hall–Kier alpha value is -2.09. The lowest BCUT2D eigenvalue weighted by Crippen LogP contribution is -2.48. The maximum absolute atomic E-state index is 12.1. The molecule has 1 saturated carbocycles. The molecule has 0 aromatic carbocycles. The molecule has 2 rings (SSSR count). The second kappa shape index (κ2) is 9.21. The summed E-state index contributed by atoms with van der Waals surface area (Å²) < 4.78 is 0. The number of nitrogens with two attached hydrogens (primary N) is 1. The van der Waals surface area contributed by atoms with Crippen LogP contribution in [-0.4, -0.2) is 34.6 Å². The molecule has 4 amide bonds. The molecular formula is C19H28N4O3S. The van der Waals surface area contributed by atoms with Crippen LogP contribution in [-0.2, 0) is 4.79 Å². The summed E-state index contributed by atoms with van der Waals surface area (Å²) in [6.07, 6.45) is 4.29. The van der Waals surface area contributed by atoms with E-state index in [1.54, 1.807) is 0 Å². The summed E-state index contributed by atoms with van der Waals surface area (Å²) in [5.41, 5.74) is 8.26. The van der Waals surface area contributed by atoms with Gasteiger partial charge in [-0.2, -0.15) is 0 Å². The third-order valence-electron chi connectivity index (χ3n) is 5.23. The minimum Gasteiger partial charge on any atom is -0.366 e. The summed E-state index contributed by atoms with van der Waals surface area (Å²) in [5.74, 6) is -0.623. The van der Waals surface area contributed by atoms with Gasteiger partial charge in [-0.15, -0.1) is 0 Å². The second-order valence-electron chi connectivity index (χ2n) is 7.17. The van der Waals surface area contributed by atoms with E-state index in [4.69, 9.17) is 5.73 Å². The van der Waals surface area contributed by atoms with Gasteiger partial charge < -0.3 is 11.1 Å². The number of amides is 4. The number of nitrogens with zero attached hydrogens (tertiary/aromatic N) is 1. The average Bonchev–Trinajstić information content (AvgIpc) is 2.59. The Morgan fingerprint density at radius 3 is 2.44 bits per heavy atom. The van der Waals surface area contributed by atoms with Crippen molar-refractivity contribution in [2.24, 2.45) is 11.7 Å². The summed E-state index contributed by atoms with van der Waals surface area (Å²) in [6, 6.07) is -0.372. The van der Waals surface area contributed by atoms with Gasteiger partial charge >= 0.3 is 6.03 Å². The minimum absolute atomic E-state index is 0.0249. The highest BCUT2D eigenvalue weighted by Gasteiger charge is 2.24. The number of carbonyl (C=O) groups excluding carboxylic acids is 3. The molecule has 27 heavy (non-hydrogen) atoms. The van der Waals surface area contributed by atoms with Gasteiger partial charge in [-0.05, 0) is 50.7 Å². The molecule has 0 spiro atoms. The topological polar surface area (TPSA) is 114 Å². The molecule has 1 fully saturated rings. The number of carbonyl (C=O) groups is 3. The van der Waals surface area contributed by atoms with Gasteiger partial charge in [0, 0.05) is 11.7 Å². The van der Waals surface area contributed by atoms with Crippen LogP contribution in [0.4, 0.5) is 4.79 Å². The quantitative estimate of drug-likeness (QED) is 0.667. The van der Waals surface area contributed by atoms with E-state index in [0.717, 1.165) is 47.8 Å². The molecular weight excluding hydrogens is 364 g/mol. The number of primary amides is 1. The molecule has 1 aliphatic carbocycles. The van der Waals surface area contributed by atoms with Crippen LogP contribution < -0.4 is 16.4 Å². The first-order valence-electron chi connectivity index (χ1n) is 9.21. The van der Waals surface area contributed by atoms with Crippen LogP contribution in [0.3, 0.4) is 0 Å². The number of rotatable bonds is 5. The molecule has 0 unspecified atom stereocenters. The standard InChI is InChI=1S/C19H28N4O3S/c1-10-7-5-6-8-14(10)22-19(26)23-15(24)9-27-18-16(17(20)25)12(3)11(2)13(4)21-18/h10,14H,5-9H2,1-4H3,(H2,20,25)(H2,22,23,24,26)/t10-,14+/m0/s1. The summed E-state index contributed by atoms with van der Waals surface area (Å²) in [7, 11) is 0. The third-order valence-corrected chi connectivity index (χ3v) is 6.21. The number of aromatic nitrogens is 1. The Kier molecular flexibility index (Phi) is 7.24. The SMILES string of the molecule is Cc1nc(SCC(=O)NC(=O)N[C@@H]2CCCC[C@@H]2C)c(C(N)=O)c(C)c1C. The lowest BCUT2D eigenvalue weighted by Gasteiger charge is -2.29. The van der Waals surface area contributed by atoms with E-state index in [2.05, 4.69) is 22.5 Å². The largest absolute Gasteiger partial charge is 0.366 e. The lowest BCUT2D eigenvalue weighted by molar-refractivity contribution is -0.117. The number of urea groups is 1. The first-order chi connectivity index (χ1) is 12.7. The third kappa shape index (κ3) is 5.45. The first-order valence-corrected chi connectivity index (χ1v) is 10.2. The molecule has 148 valence electrons. The molecule has 4 N–H and O–H groups in total. The number of hydrogen-bond donors (Lipinski definition) is 3. The van der Waals surface area contributed by atoms with Crippen LogP contribution in [0.5, 0.6) is 0 Å².